The number of rotatable bonds is 5. The second-order valence-corrected chi connectivity index (χ2v) is 8.54. The van der Waals surface area contributed by atoms with Crippen LogP contribution in [0.4, 0.5) is 10.1 Å². The van der Waals surface area contributed by atoms with Crippen molar-refractivity contribution in [3.63, 3.8) is 0 Å². The highest BCUT2D eigenvalue weighted by atomic mass is 19.1. The summed E-state index contributed by atoms with van der Waals surface area (Å²) in [5, 5.41) is 0. The molecule has 1 aromatic heterocycles. The molecule has 6 heteroatoms. The Morgan fingerprint density at radius 3 is 2.55 bits per heavy atom. The van der Waals surface area contributed by atoms with E-state index in [-0.39, 0.29) is 11.2 Å². The van der Waals surface area contributed by atoms with Crippen molar-refractivity contribution >= 4 is 11.3 Å². The molecule has 1 aliphatic rings. The summed E-state index contributed by atoms with van der Waals surface area (Å²) in [5.41, 5.74) is 3.77. The number of nitrogens with zero attached hydrogens (tertiary/aromatic N) is 3. The van der Waals surface area contributed by atoms with Gasteiger partial charge in [0.25, 0.3) is 5.56 Å². The van der Waals surface area contributed by atoms with Crippen LogP contribution in [0.2, 0.25) is 0 Å². The summed E-state index contributed by atoms with van der Waals surface area (Å²) in [6, 6.07) is 11.9. The standard InChI is InChI=1S/C27H26FN3O2/c1-17-5-9-20(10-6-17)26-30-25(21-13-14-23(29-2)22(28)15-21)24(27(32)31(26)3)19-11-7-18(8-12-19)16-33-4/h7-9,11-15,17H,5-6,10,16H2,1,3-4H3. The first-order valence-electron chi connectivity index (χ1n) is 11.0. The average molecular weight is 444 g/mol. The van der Waals surface area contributed by atoms with Crippen molar-refractivity contribution in [2.45, 2.75) is 32.8 Å². The molecule has 168 valence electrons. The topological polar surface area (TPSA) is 48.5 Å². The first kappa shape index (κ1) is 22.6. The molecule has 4 rings (SSSR count). The molecule has 0 fully saturated rings. The normalized spacial score (nSPS) is 15.7. The van der Waals surface area contributed by atoms with Crippen LogP contribution in [0.1, 0.15) is 37.6 Å². The van der Waals surface area contributed by atoms with Crippen LogP contribution in [0.5, 0.6) is 0 Å². The van der Waals surface area contributed by atoms with E-state index in [1.807, 2.05) is 24.3 Å². The third-order valence-electron chi connectivity index (χ3n) is 6.15. The smallest absolute Gasteiger partial charge is 0.262 e. The van der Waals surface area contributed by atoms with Gasteiger partial charge in [0.05, 0.1) is 24.4 Å². The van der Waals surface area contributed by atoms with E-state index >= 15 is 0 Å². The van der Waals surface area contributed by atoms with Gasteiger partial charge >= 0.3 is 0 Å². The predicted octanol–water partition coefficient (Wildman–Crippen LogP) is 6.15. The molecule has 3 aromatic rings. The Balaban J connectivity index is 1.95. The lowest BCUT2D eigenvalue weighted by atomic mass is 9.90. The largest absolute Gasteiger partial charge is 0.380 e. The van der Waals surface area contributed by atoms with Crippen molar-refractivity contribution in [3.05, 3.63) is 87.5 Å². The number of aromatic nitrogens is 2. The van der Waals surface area contributed by atoms with Gasteiger partial charge in [0.1, 0.15) is 11.6 Å². The Hall–Kier alpha value is -3.56. The van der Waals surface area contributed by atoms with E-state index in [2.05, 4.69) is 17.8 Å². The molecule has 0 N–H and O–H groups in total. The Kier molecular flexibility index (Phi) is 6.52. The van der Waals surface area contributed by atoms with Crippen LogP contribution in [-0.4, -0.2) is 16.7 Å². The number of hydrogen-bond acceptors (Lipinski definition) is 3. The zero-order valence-electron chi connectivity index (χ0n) is 19.1. The van der Waals surface area contributed by atoms with Gasteiger partial charge in [0, 0.05) is 19.7 Å². The summed E-state index contributed by atoms with van der Waals surface area (Å²) >= 11 is 0. The fourth-order valence-corrected chi connectivity index (χ4v) is 4.21. The molecule has 2 aromatic carbocycles. The summed E-state index contributed by atoms with van der Waals surface area (Å²) < 4.78 is 21.3. The van der Waals surface area contributed by atoms with Crippen LogP contribution in [-0.2, 0) is 18.4 Å². The lowest BCUT2D eigenvalue weighted by Gasteiger charge is -2.21. The zero-order chi connectivity index (χ0) is 23.5. The van der Waals surface area contributed by atoms with Crippen molar-refractivity contribution in [1.29, 1.82) is 0 Å². The second-order valence-electron chi connectivity index (χ2n) is 8.54. The number of hydrogen-bond donors (Lipinski definition) is 0. The molecule has 0 aliphatic heterocycles. The summed E-state index contributed by atoms with van der Waals surface area (Å²) in [6.07, 6.45) is 4.98. The maximum Gasteiger partial charge on any atom is 0.262 e. The molecule has 1 aliphatic carbocycles. The van der Waals surface area contributed by atoms with E-state index in [9.17, 15) is 9.18 Å². The Morgan fingerprint density at radius 1 is 1.21 bits per heavy atom. The molecule has 1 heterocycles. The first-order valence-corrected chi connectivity index (χ1v) is 11.0. The minimum atomic E-state index is -0.626. The molecule has 33 heavy (non-hydrogen) atoms. The molecule has 1 atom stereocenters. The van der Waals surface area contributed by atoms with Crippen LogP contribution < -0.4 is 5.56 Å². The third kappa shape index (κ3) is 4.50. The van der Waals surface area contributed by atoms with Crippen molar-refractivity contribution in [2.24, 2.45) is 13.0 Å². The minimum absolute atomic E-state index is 0.0581. The Morgan fingerprint density at radius 2 is 1.94 bits per heavy atom. The van der Waals surface area contributed by atoms with Gasteiger partial charge < -0.3 is 4.74 Å². The Bertz CT molecular complexity index is 1320. The zero-order valence-corrected chi connectivity index (χ0v) is 19.1. The SMILES string of the molecule is [C-]#[N+]c1ccc(-c2nc(C3=CCC(C)CC3)n(C)c(=O)c2-c2ccc(COC)cc2)cc1F. The lowest BCUT2D eigenvalue weighted by molar-refractivity contribution is 0.185. The average Bonchev–Trinajstić information content (AvgIpc) is 2.82. The van der Waals surface area contributed by atoms with Gasteiger partial charge in [-0.25, -0.2) is 14.2 Å². The number of ether oxygens (including phenoxy) is 1. The van der Waals surface area contributed by atoms with Crippen LogP contribution >= 0.6 is 0 Å². The van der Waals surface area contributed by atoms with Gasteiger partial charge in [-0.2, -0.15) is 0 Å². The third-order valence-corrected chi connectivity index (χ3v) is 6.15. The highest BCUT2D eigenvalue weighted by Crippen LogP contribution is 2.34. The summed E-state index contributed by atoms with van der Waals surface area (Å²) in [4.78, 5) is 21.8. The molecule has 0 saturated heterocycles. The van der Waals surface area contributed by atoms with Gasteiger partial charge in [-0.1, -0.05) is 49.4 Å². The van der Waals surface area contributed by atoms with Gasteiger partial charge in [0.2, 0.25) is 5.69 Å². The van der Waals surface area contributed by atoms with Gasteiger partial charge in [-0.15, -0.1) is 0 Å². The Labute approximate surface area is 193 Å². The number of allylic oxidation sites excluding steroid dienone is 2. The molecule has 0 saturated carbocycles. The van der Waals surface area contributed by atoms with Crippen molar-refractivity contribution in [1.82, 2.24) is 9.55 Å². The van der Waals surface area contributed by atoms with E-state index in [0.29, 0.717) is 40.7 Å². The summed E-state index contributed by atoms with van der Waals surface area (Å²) in [7, 11) is 3.37. The van der Waals surface area contributed by atoms with Gasteiger partial charge in [-0.3, -0.25) is 9.36 Å². The number of benzene rings is 2. The summed E-state index contributed by atoms with van der Waals surface area (Å²) in [6.45, 7) is 9.82. The van der Waals surface area contributed by atoms with Crippen molar-refractivity contribution in [2.75, 3.05) is 7.11 Å². The van der Waals surface area contributed by atoms with Crippen LogP contribution in [0, 0.1) is 18.3 Å². The number of halogens is 1. The molecule has 1 unspecified atom stereocenters. The maximum absolute atomic E-state index is 14.5. The molecule has 0 amide bonds. The van der Waals surface area contributed by atoms with E-state index in [4.69, 9.17) is 16.3 Å². The molecular formula is C27H26FN3O2. The van der Waals surface area contributed by atoms with Crippen LogP contribution in [0.25, 0.3) is 32.8 Å². The highest BCUT2D eigenvalue weighted by Gasteiger charge is 2.22. The molecule has 0 bridgehead atoms. The fourth-order valence-electron chi connectivity index (χ4n) is 4.21. The highest BCUT2D eigenvalue weighted by molar-refractivity contribution is 5.82. The summed E-state index contributed by atoms with van der Waals surface area (Å²) in [5.74, 6) is 0.584. The van der Waals surface area contributed by atoms with E-state index in [1.54, 1.807) is 24.8 Å². The first-order chi connectivity index (χ1) is 15.9. The van der Waals surface area contributed by atoms with Gasteiger partial charge in [-0.05, 0) is 47.9 Å². The van der Waals surface area contributed by atoms with Crippen molar-refractivity contribution in [3.8, 4) is 22.4 Å². The number of methoxy groups -OCH3 is 1. The van der Waals surface area contributed by atoms with Crippen LogP contribution in [0.15, 0.2) is 53.3 Å². The monoisotopic (exact) mass is 443 g/mol. The predicted molar refractivity (Wildman–Crippen MR) is 128 cm³/mol. The fraction of sp³-hybridized carbons (Fsp3) is 0.296. The van der Waals surface area contributed by atoms with Crippen molar-refractivity contribution < 1.29 is 9.13 Å². The lowest BCUT2D eigenvalue weighted by Crippen LogP contribution is -2.25. The molecule has 0 radical (unpaired) electrons. The quantitative estimate of drug-likeness (QED) is 0.444. The maximum atomic E-state index is 14.5. The van der Waals surface area contributed by atoms with E-state index < -0.39 is 5.82 Å². The molecular weight excluding hydrogens is 417 g/mol. The second kappa shape index (κ2) is 9.51. The van der Waals surface area contributed by atoms with Gasteiger partial charge in [0.15, 0.2) is 0 Å². The minimum Gasteiger partial charge on any atom is -0.380 e. The van der Waals surface area contributed by atoms with E-state index in [1.165, 1.54) is 12.1 Å². The molecule has 0 spiro atoms. The van der Waals surface area contributed by atoms with Crippen LogP contribution in [0.3, 0.4) is 0 Å². The molecule has 5 nitrogen and oxygen atoms in total. The van der Waals surface area contributed by atoms with E-state index in [0.717, 1.165) is 30.4 Å².